The highest BCUT2D eigenvalue weighted by Gasteiger charge is 2.20. The number of ether oxygens (including phenoxy) is 1. The monoisotopic (exact) mass is 423 g/mol. The molecule has 9 nitrogen and oxygen atoms in total. The summed E-state index contributed by atoms with van der Waals surface area (Å²) in [5, 5.41) is 7.52. The smallest absolute Gasteiger partial charge is 0.339 e. The molecule has 0 spiro atoms. The summed E-state index contributed by atoms with van der Waals surface area (Å²) >= 11 is 0. The molecule has 0 radical (unpaired) electrons. The third-order valence-electron chi connectivity index (χ3n) is 4.67. The predicted octanol–water partition coefficient (Wildman–Crippen LogP) is 3.03. The van der Waals surface area contributed by atoms with Crippen molar-refractivity contribution in [3.8, 4) is 0 Å². The molecule has 2 heterocycles. The van der Waals surface area contributed by atoms with Crippen molar-refractivity contribution in [2.24, 2.45) is 5.73 Å². The Morgan fingerprint density at radius 2 is 1.81 bits per heavy atom. The third-order valence-corrected chi connectivity index (χ3v) is 4.67. The number of primary amides is 1. The van der Waals surface area contributed by atoms with E-state index >= 15 is 0 Å². The number of pyridine rings is 1. The molecule has 0 saturated carbocycles. The highest BCUT2D eigenvalue weighted by atomic mass is 16.5. The fourth-order valence-electron chi connectivity index (χ4n) is 3.00. The average molecular weight is 423 g/mol. The molecule has 2 amide bonds. The quantitative estimate of drug-likeness (QED) is 0.562. The lowest BCUT2D eigenvalue weighted by Crippen LogP contribution is -2.21. The fourth-order valence-corrected chi connectivity index (χ4v) is 3.00. The van der Waals surface area contributed by atoms with Crippen molar-refractivity contribution in [3.05, 3.63) is 53.3 Å². The molecule has 0 aliphatic carbocycles. The molecule has 0 unspecified atom stereocenters. The van der Waals surface area contributed by atoms with Crippen LogP contribution in [-0.2, 0) is 9.53 Å². The van der Waals surface area contributed by atoms with E-state index in [1.165, 1.54) is 12.1 Å². The van der Waals surface area contributed by atoms with Gasteiger partial charge in [-0.2, -0.15) is 5.10 Å². The van der Waals surface area contributed by atoms with Crippen molar-refractivity contribution in [2.75, 3.05) is 11.9 Å². The number of rotatable bonds is 7. The Morgan fingerprint density at radius 1 is 1.13 bits per heavy atom. The number of aromatic nitrogens is 3. The van der Waals surface area contributed by atoms with Crippen LogP contribution in [0, 0.1) is 0 Å². The lowest BCUT2D eigenvalue weighted by Gasteiger charge is -2.12. The van der Waals surface area contributed by atoms with Crippen molar-refractivity contribution in [2.45, 2.75) is 39.7 Å². The minimum Gasteiger partial charge on any atom is -0.452 e. The van der Waals surface area contributed by atoms with Gasteiger partial charge in [0.05, 0.1) is 17.1 Å². The van der Waals surface area contributed by atoms with Crippen LogP contribution in [0.1, 0.15) is 66.1 Å². The van der Waals surface area contributed by atoms with Crippen molar-refractivity contribution in [1.82, 2.24) is 14.8 Å². The Balaban J connectivity index is 1.75. The number of carbonyl (C=O) groups excluding carboxylic acids is 3. The SMILES string of the molecule is CC(C)c1cc(C(=O)OCC(=O)Nc2ccc(C(N)=O)cc2)c2cnn(C(C)C)c2n1. The van der Waals surface area contributed by atoms with Gasteiger partial charge < -0.3 is 15.8 Å². The molecular weight excluding hydrogens is 398 g/mol. The molecule has 162 valence electrons. The molecular formula is C22H25N5O4. The molecule has 0 aliphatic heterocycles. The van der Waals surface area contributed by atoms with E-state index in [2.05, 4.69) is 15.4 Å². The van der Waals surface area contributed by atoms with Gasteiger partial charge in [-0.05, 0) is 50.1 Å². The highest BCUT2D eigenvalue weighted by molar-refractivity contribution is 6.04. The van der Waals surface area contributed by atoms with Crippen molar-refractivity contribution in [3.63, 3.8) is 0 Å². The Kier molecular flexibility index (Phi) is 6.33. The normalized spacial score (nSPS) is 11.2. The number of nitrogens with two attached hydrogens (primary N) is 1. The Bertz CT molecular complexity index is 1130. The summed E-state index contributed by atoms with van der Waals surface area (Å²) in [6, 6.07) is 7.84. The number of anilines is 1. The number of esters is 1. The van der Waals surface area contributed by atoms with E-state index in [9.17, 15) is 14.4 Å². The molecule has 0 fully saturated rings. The van der Waals surface area contributed by atoms with Gasteiger partial charge >= 0.3 is 5.97 Å². The number of carbonyl (C=O) groups is 3. The molecule has 2 aromatic heterocycles. The molecule has 0 saturated heterocycles. The summed E-state index contributed by atoms with van der Waals surface area (Å²) in [6.45, 7) is 7.46. The van der Waals surface area contributed by atoms with Crippen LogP contribution in [0.4, 0.5) is 5.69 Å². The molecule has 0 atom stereocenters. The second kappa shape index (κ2) is 8.95. The van der Waals surface area contributed by atoms with Gasteiger partial charge in [0, 0.05) is 23.0 Å². The first-order valence-corrected chi connectivity index (χ1v) is 9.92. The zero-order chi connectivity index (χ0) is 22.7. The molecule has 31 heavy (non-hydrogen) atoms. The number of fused-ring (bicyclic) bond motifs is 1. The number of benzene rings is 1. The number of hydrogen-bond acceptors (Lipinski definition) is 6. The Morgan fingerprint density at radius 3 is 2.39 bits per heavy atom. The first-order valence-electron chi connectivity index (χ1n) is 9.92. The standard InChI is InChI=1S/C22H25N5O4/c1-12(2)18-9-16(17-10-24-27(13(3)4)21(17)26-18)22(30)31-11-19(28)25-15-7-5-14(6-8-15)20(23)29/h5-10,12-13H,11H2,1-4H3,(H2,23,29)(H,25,28). The van der Waals surface area contributed by atoms with E-state index in [0.717, 1.165) is 5.69 Å². The zero-order valence-corrected chi connectivity index (χ0v) is 17.9. The maximum Gasteiger partial charge on any atom is 0.339 e. The van der Waals surface area contributed by atoms with Gasteiger partial charge in [0.2, 0.25) is 5.91 Å². The van der Waals surface area contributed by atoms with Crippen LogP contribution < -0.4 is 11.1 Å². The number of amides is 2. The third kappa shape index (κ3) is 4.88. The van der Waals surface area contributed by atoms with E-state index < -0.39 is 24.4 Å². The Hall–Kier alpha value is -3.75. The largest absolute Gasteiger partial charge is 0.452 e. The van der Waals surface area contributed by atoms with E-state index in [4.69, 9.17) is 10.5 Å². The Labute approximate surface area is 179 Å². The van der Waals surface area contributed by atoms with Crippen LogP contribution in [0.5, 0.6) is 0 Å². The van der Waals surface area contributed by atoms with Gasteiger partial charge in [-0.15, -0.1) is 0 Å². The van der Waals surface area contributed by atoms with Crippen LogP contribution in [0.25, 0.3) is 11.0 Å². The molecule has 1 aromatic carbocycles. The summed E-state index contributed by atoms with van der Waals surface area (Å²) in [5.41, 5.74) is 7.64. The van der Waals surface area contributed by atoms with Crippen LogP contribution >= 0.6 is 0 Å². The van der Waals surface area contributed by atoms with Gasteiger partial charge in [0.1, 0.15) is 0 Å². The molecule has 3 aromatic rings. The summed E-state index contributed by atoms with van der Waals surface area (Å²) in [4.78, 5) is 40.7. The van der Waals surface area contributed by atoms with Crippen molar-refractivity contribution >= 4 is 34.5 Å². The molecule has 9 heteroatoms. The second-order valence-corrected chi connectivity index (χ2v) is 7.74. The van der Waals surface area contributed by atoms with E-state index in [0.29, 0.717) is 27.8 Å². The maximum absolute atomic E-state index is 12.8. The average Bonchev–Trinajstić information content (AvgIpc) is 3.16. The lowest BCUT2D eigenvalue weighted by atomic mass is 10.1. The minimum absolute atomic E-state index is 0.0722. The fraction of sp³-hybridized carbons (Fsp3) is 0.318. The highest BCUT2D eigenvalue weighted by Crippen LogP contribution is 2.25. The van der Waals surface area contributed by atoms with Crippen LogP contribution in [-0.4, -0.2) is 39.2 Å². The van der Waals surface area contributed by atoms with Gasteiger partial charge in [-0.3, -0.25) is 9.59 Å². The zero-order valence-electron chi connectivity index (χ0n) is 17.9. The minimum atomic E-state index is -0.628. The first kappa shape index (κ1) is 21.9. The van der Waals surface area contributed by atoms with Gasteiger partial charge in [0.15, 0.2) is 12.3 Å². The van der Waals surface area contributed by atoms with Gasteiger partial charge in [-0.1, -0.05) is 13.8 Å². The summed E-state index contributed by atoms with van der Waals surface area (Å²) in [6.07, 6.45) is 1.59. The van der Waals surface area contributed by atoms with Crippen molar-refractivity contribution < 1.29 is 19.1 Å². The first-order chi connectivity index (χ1) is 14.7. The number of nitrogens with zero attached hydrogens (tertiary/aromatic N) is 3. The molecule has 0 bridgehead atoms. The number of nitrogens with one attached hydrogen (secondary N) is 1. The van der Waals surface area contributed by atoms with E-state index in [1.54, 1.807) is 29.1 Å². The van der Waals surface area contributed by atoms with Gasteiger partial charge in [-0.25, -0.2) is 14.5 Å². The predicted molar refractivity (Wildman–Crippen MR) is 116 cm³/mol. The second-order valence-electron chi connectivity index (χ2n) is 7.74. The van der Waals surface area contributed by atoms with E-state index in [-0.39, 0.29) is 12.0 Å². The van der Waals surface area contributed by atoms with Crippen LogP contribution in [0.3, 0.4) is 0 Å². The van der Waals surface area contributed by atoms with Crippen LogP contribution in [0.15, 0.2) is 36.5 Å². The van der Waals surface area contributed by atoms with Gasteiger partial charge in [0.25, 0.3) is 5.91 Å². The summed E-state index contributed by atoms with van der Waals surface area (Å²) in [7, 11) is 0. The summed E-state index contributed by atoms with van der Waals surface area (Å²) in [5.74, 6) is -1.60. The van der Waals surface area contributed by atoms with E-state index in [1.807, 2.05) is 27.7 Å². The lowest BCUT2D eigenvalue weighted by molar-refractivity contribution is -0.119. The maximum atomic E-state index is 12.8. The topological polar surface area (TPSA) is 129 Å². The van der Waals surface area contributed by atoms with Crippen molar-refractivity contribution in [1.29, 1.82) is 0 Å². The molecule has 0 aliphatic rings. The number of hydrogen-bond donors (Lipinski definition) is 2. The van der Waals surface area contributed by atoms with Crippen LogP contribution in [0.2, 0.25) is 0 Å². The summed E-state index contributed by atoms with van der Waals surface area (Å²) < 4.78 is 7.00. The molecule has 3 N–H and O–H groups in total. The molecule has 3 rings (SSSR count).